The zero-order chi connectivity index (χ0) is 18.2. The second kappa shape index (κ2) is 6.85. The maximum Gasteiger partial charge on any atom is 0.191 e. The Balaban J connectivity index is 1.40. The van der Waals surface area contributed by atoms with Crippen LogP contribution < -0.4 is 0 Å². The zero-order valence-corrected chi connectivity index (χ0v) is 16.1. The molecule has 1 aliphatic carbocycles. The van der Waals surface area contributed by atoms with E-state index in [0.717, 1.165) is 34.6 Å². The largest absolute Gasteiger partial charge is 0.307 e. The van der Waals surface area contributed by atoms with Crippen LogP contribution in [0.1, 0.15) is 41.4 Å². The SMILES string of the molecule is Cc1cccn2cc(CSc3nnc(C4CC4)n3Cc3ccccc3)nc12. The summed E-state index contributed by atoms with van der Waals surface area (Å²) in [7, 11) is 0. The molecule has 1 aliphatic rings. The van der Waals surface area contributed by atoms with E-state index < -0.39 is 0 Å². The van der Waals surface area contributed by atoms with Crippen molar-refractivity contribution in [1.29, 1.82) is 0 Å². The number of nitrogens with zero attached hydrogens (tertiary/aromatic N) is 5. The summed E-state index contributed by atoms with van der Waals surface area (Å²) in [6, 6.07) is 14.7. The Morgan fingerprint density at radius 1 is 1.07 bits per heavy atom. The average Bonchev–Trinajstić information content (AvgIpc) is 3.31. The Hall–Kier alpha value is -2.60. The first kappa shape index (κ1) is 16.6. The second-order valence-corrected chi connectivity index (χ2v) is 8.07. The fraction of sp³-hybridized carbons (Fsp3) is 0.286. The third kappa shape index (κ3) is 3.37. The van der Waals surface area contributed by atoms with Gasteiger partial charge < -0.3 is 8.97 Å². The first-order valence-electron chi connectivity index (χ1n) is 9.31. The number of imidazole rings is 1. The van der Waals surface area contributed by atoms with Crippen molar-refractivity contribution in [3.8, 4) is 0 Å². The van der Waals surface area contributed by atoms with Gasteiger partial charge in [0.05, 0.1) is 12.2 Å². The van der Waals surface area contributed by atoms with Crippen molar-refractivity contribution >= 4 is 17.4 Å². The maximum absolute atomic E-state index is 4.78. The van der Waals surface area contributed by atoms with E-state index in [2.05, 4.69) is 74.8 Å². The molecule has 4 aromatic rings. The van der Waals surface area contributed by atoms with Crippen molar-refractivity contribution < 1.29 is 0 Å². The molecule has 0 atom stereocenters. The molecule has 6 heteroatoms. The molecule has 136 valence electrons. The molecule has 0 amide bonds. The molecule has 0 aliphatic heterocycles. The van der Waals surface area contributed by atoms with Crippen molar-refractivity contribution in [2.24, 2.45) is 0 Å². The van der Waals surface area contributed by atoms with Crippen molar-refractivity contribution in [3.63, 3.8) is 0 Å². The van der Waals surface area contributed by atoms with E-state index in [9.17, 15) is 0 Å². The Labute approximate surface area is 162 Å². The molecule has 5 rings (SSSR count). The molecule has 0 saturated heterocycles. The number of aromatic nitrogens is 5. The van der Waals surface area contributed by atoms with Gasteiger partial charge in [0.2, 0.25) is 0 Å². The van der Waals surface area contributed by atoms with Crippen LogP contribution in [0.2, 0.25) is 0 Å². The molecule has 5 nitrogen and oxygen atoms in total. The first-order valence-corrected chi connectivity index (χ1v) is 10.3. The normalized spacial score (nSPS) is 14.1. The van der Waals surface area contributed by atoms with Crippen LogP contribution in [0.5, 0.6) is 0 Å². The highest BCUT2D eigenvalue weighted by Crippen LogP contribution is 2.40. The Kier molecular flexibility index (Phi) is 4.20. The number of thioether (sulfide) groups is 1. The summed E-state index contributed by atoms with van der Waals surface area (Å²) in [5.74, 6) is 2.50. The third-order valence-corrected chi connectivity index (χ3v) is 5.95. The number of benzene rings is 1. The highest BCUT2D eigenvalue weighted by molar-refractivity contribution is 7.98. The molecule has 0 spiro atoms. The van der Waals surface area contributed by atoms with Crippen molar-refractivity contribution in [3.05, 3.63) is 77.5 Å². The molecule has 1 saturated carbocycles. The van der Waals surface area contributed by atoms with E-state index in [1.165, 1.54) is 24.0 Å². The lowest BCUT2D eigenvalue weighted by atomic mass is 10.2. The second-order valence-electron chi connectivity index (χ2n) is 7.13. The van der Waals surface area contributed by atoms with Crippen molar-refractivity contribution in [1.82, 2.24) is 24.1 Å². The molecule has 3 heterocycles. The van der Waals surface area contributed by atoms with Gasteiger partial charge in [-0.2, -0.15) is 0 Å². The van der Waals surface area contributed by atoms with Gasteiger partial charge in [0.15, 0.2) is 5.16 Å². The highest BCUT2D eigenvalue weighted by Gasteiger charge is 2.30. The molecule has 0 unspecified atom stereocenters. The molecule has 27 heavy (non-hydrogen) atoms. The molecule has 1 aromatic carbocycles. The number of pyridine rings is 1. The summed E-state index contributed by atoms with van der Waals surface area (Å²) < 4.78 is 4.38. The molecular formula is C21H21N5S. The van der Waals surface area contributed by atoms with Gasteiger partial charge in [0.25, 0.3) is 0 Å². The van der Waals surface area contributed by atoms with E-state index >= 15 is 0 Å². The predicted octanol–water partition coefficient (Wildman–Crippen LogP) is 4.45. The fourth-order valence-electron chi connectivity index (χ4n) is 3.38. The van der Waals surface area contributed by atoms with Crippen LogP contribution in [-0.2, 0) is 12.3 Å². The quantitative estimate of drug-likeness (QED) is 0.467. The summed E-state index contributed by atoms with van der Waals surface area (Å²) in [6.07, 6.45) is 6.61. The summed E-state index contributed by atoms with van der Waals surface area (Å²) in [5, 5.41) is 9.99. The average molecular weight is 376 g/mol. The van der Waals surface area contributed by atoms with Gasteiger partial charge in [-0.25, -0.2) is 4.98 Å². The van der Waals surface area contributed by atoms with Crippen molar-refractivity contribution in [2.75, 3.05) is 0 Å². The van der Waals surface area contributed by atoms with Gasteiger partial charge >= 0.3 is 0 Å². The van der Waals surface area contributed by atoms with E-state index in [0.29, 0.717) is 5.92 Å². The van der Waals surface area contributed by atoms with Crippen molar-refractivity contribution in [2.45, 2.75) is 43.1 Å². The van der Waals surface area contributed by atoms with Crippen LogP contribution >= 0.6 is 11.8 Å². The number of fused-ring (bicyclic) bond motifs is 1. The molecule has 3 aromatic heterocycles. The smallest absolute Gasteiger partial charge is 0.191 e. The fourth-order valence-corrected chi connectivity index (χ4v) is 4.21. The van der Waals surface area contributed by atoms with Gasteiger partial charge in [-0.1, -0.05) is 48.2 Å². The van der Waals surface area contributed by atoms with E-state index in [1.807, 2.05) is 6.20 Å². The van der Waals surface area contributed by atoms with Crippen LogP contribution in [0.3, 0.4) is 0 Å². The van der Waals surface area contributed by atoms with Gasteiger partial charge in [0, 0.05) is 24.1 Å². The van der Waals surface area contributed by atoms with E-state index in [-0.39, 0.29) is 0 Å². The first-order chi connectivity index (χ1) is 13.3. The standard InChI is InChI=1S/C21H21N5S/c1-15-6-5-11-25-13-18(22-19(15)25)14-27-21-24-23-20(17-9-10-17)26(21)12-16-7-3-2-4-8-16/h2-8,11,13,17H,9-10,12,14H2,1H3. The van der Waals surface area contributed by atoms with Crippen LogP contribution in [0.25, 0.3) is 5.65 Å². The van der Waals surface area contributed by atoms with Crippen LogP contribution in [0.4, 0.5) is 0 Å². The van der Waals surface area contributed by atoms with Crippen LogP contribution in [-0.4, -0.2) is 24.1 Å². The molecule has 0 radical (unpaired) electrons. The van der Waals surface area contributed by atoms with Gasteiger partial charge in [-0.05, 0) is 37.0 Å². The highest BCUT2D eigenvalue weighted by atomic mass is 32.2. The van der Waals surface area contributed by atoms with E-state index in [1.54, 1.807) is 11.8 Å². The summed E-state index contributed by atoms with van der Waals surface area (Å²) in [4.78, 5) is 4.78. The summed E-state index contributed by atoms with van der Waals surface area (Å²) in [5.41, 5.74) is 4.57. The Bertz CT molecular complexity index is 1080. The number of hydrogen-bond donors (Lipinski definition) is 0. The minimum absolute atomic E-state index is 0.577. The molecule has 0 bridgehead atoms. The zero-order valence-electron chi connectivity index (χ0n) is 15.2. The van der Waals surface area contributed by atoms with E-state index in [4.69, 9.17) is 4.98 Å². The monoisotopic (exact) mass is 375 g/mol. The number of rotatable bonds is 6. The molecule has 1 fully saturated rings. The number of aryl methyl sites for hydroxylation is 1. The molecular weight excluding hydrogens is 354 g/mol. The lowest BCUT2D eigenvalue weighted by Crippen LogP contribution is -2.06. The minimum atomic E-state index is 0.577. The van der Waals surface area contributed by atoms with Crippen LogP contribution in [0.15, 0.2) is 60.0 Å². The molecule has 0 N–H and O–H groups in total. The Morgan fingerprint density at radius 2 is 1.93 bits per heavy atom. The summed E-state index contributed by atoms with van der Waals surface area (Å²) >= 11 is 1.72. The lowest BCUT2D eigenvalue weighted by Gasteiger charge is -2.09. The topological polar surface area (TPSA) is 48.0 Å². The van der Waals surface area contributed by atoms with Gasteiger partial charge in [-0.15, -0.1) is 10.2 Å². The number of hydrogen-bond acceptors (Lipinski definition) is 4. The Morgan fingerprint density at radius 3 is 2.70 bits per heavy atom. The van der Waals surface area contributed by atoms with Crippen LogP contribution in [0, 0.1) is 6.92 Å². The minimum Gasteiger partial charge on any atom is -0.307 e. The van der Waals surface area contributed by atoms with Gasteiger partial charge in [-0.3, -0.25) is 0 Å². The lowest BCUT2D eigenvalue weighted by molar-refractivity contribution is 0.667. The third-order valence-electron chi connectivity index (χ3n) is 4.95. The summed E-state index contributed by atoms with van der Waals surface area (Å²) in [6.45, 7) is 2.92. The predicted molar refractivity (Wildman–Crippen MR) is 107 cm³/mol. The van der Waals surface area contributed by atoms with Gasteiger partial charge in [0.1, 0.15) is 11.5 Å². The maximum atomic E-state index is 4.78.